The number of carbonyl (C=O) groups excluding carboxylic acids is 1. The van der Waals surface area contributed by atoms with Gasteiger partial charge < -0.3 is 10.2 Å². The largest absolute Gasteiger partial charge is 0.335 e. The van der Waals surface area contributed by atoms with Crippen LogP contribution in [0.5, 0.6) is 0 Å². The SMILES string of the molecule is C[C@H](CS(C)(=O)=O)N(C)C(=O)N[C@H](Cc1ccccc1)C1CC1. The van der Waals surface area contributed by atoms with Crippen LogP contribution in [0.4, 0.5) is 4.79 Å². The van der Waals surface area contributed by atoms with E-state index in [1.807, 2.05) is 18.2 Å². The lowest BCUT2D eigenvalue weighted by Crippen LogP contribution is -2.49. The van der Waals surface area contributed by atoms with Gasteiger partial charge in [0.05, 0.1) is 5.75 Å². The van der Waals surface area contributed by atoms with Gasteiger partial charge in [0.25, 0.3) is 0 Å². The van der Waals surface area contributed by atoms with Crippen molar-refractivity contribution in [3.63, 3.8) is 0 Å². The Kier molecular flexibility index (Phi) is 5.68. The molecule has 0 spiro atoms. The number of sulfone groups is 1. The Morgan fingerprint density at radius 3 is 2.43 bits per heavy atom. The van der Waals surface area contributed by atoms with E-state index in [2.05, 4.69) is 17.4 Å². The molecule has 0 saturated heterocycles. The molecule has 0 radical (unpaired) electrons. The maximum Gasteiger partial charge on any atom is 0.317 e. The molecule has 1 aliphatic rings. The maximum atomic E-state index is 12.4. The zero-order chi connectivity index (χ0) is 17.0. The van der Waals surface area contributed by atoms with Gasteiger partial charge >= 0.3 is 6.03 Å². The van der Waals surface area contributed by atoms with Crippen molar-refractivity contribution in [1.82, 2.24) is 10.2 Å². The summed E-state index contributed by atoms with van der Waals surface area (Å²) in [5.41, 5.74) is 1.21. The fourth-order valence-electron chi connectivity index (χ4n) is 2.71. The van der Waals surface area contributed by atoms with Crippen molar-refractivity contribution >= 4 is 15.9 Å². The Hall–Kier alpha value is -1.56. The molecule has 0 unspecified atom stereocenters. The van der Waals surface area contributed by atoms with Gasteiger partial charge in [-0.05, 0) is 37.7 Å². The zero-order valence-electron chi connectivity index (χ0n) is 14.0. The number of urea groups is 1. The lowest BCUT2D eigenvalue weighted by atomic mass is 10.0. The predicted octanol–water partition coefficient (Wildman–Crippen LogP) is 2.08. The molecule has 6 heteroatoms. The molecule has 1 aliphatic carbocycles. The molecule has 1 aromatic rings. The fraction of sp³-hybridized carbons (Fsp3) is 0.588. The summed E-state index contributed by atoms with van der Waals surface area (Å²) in [7, 11) is -1.45. The van der Waals surface area contributed by atoms with Crippen molar-refractivity contribution < 1.29 is 13.2 Å². The average molecular weight is 338 g/mol. The number of carbonyl (C=O) groups is 1. The number of hydrogen-bond donors (Lipinski definition) is 1. The van der Waals surface area contributed by atoms with Crippen LogP contribution in [-0.4, -0.2) is 50.5 Å². The third-order valence-electron chi connectivity index (χ3n) is 4.32. The highest BCUT2D eigenvalue weighted by atomic mass is 32.2. The van der Waals surface area contributed by atoms with E-state index in [9.17, 15) is 13.2 Å². The Balaban J connectivity index is 1.95. The summed E-state index contributed by atoms with van der Waals surface area (Å²) in [5.74, 6) is 0.502. The molecule has 2 amide bonds. The summed E-state index contributed by atoms with van der Waals surface area (Å²) in [5, 5.41) is 3.09. The van der Waals surface area contributed by atoms with Crippen LogP contribution in [0.2, 0.25) is 0 Å². The standard InChI is InChI=1S/C17H26N2O3S/c1-13(12-23(3,21)22)19(2)17(20)18-16(15-9-10-15)11-14-7-5-4-6-8-14/h4-8,13,15-16H,9-12H2,1-3H3,(H,18,20)/t13-,16-/m1/s1. The summed E-state index contributed by atoms with van der Waals surface area (Å²) in [6.07, 6.45) is 4.28. The minimum Gasteiger partial charge on any atom is -0.335 e. The second kappa shape index (κ2) is 7.34. The molecule has 1 fully saturated rings. The van der Waals surface area contributed by atoms with E-state index >= 15 is 0 Å². The first-order valence-corrected chi connectivity index (χ1v) is 10.1. The van der Waals surface area contributed by atoms with Crippen molar-refractivity contribution in [3.8, 4) is 0 Å². The zero-order valence-corrected chi connectivity index (χ0v) is 14.8. The first kappa shape index (κ1) is 17.8. The van der Waals surface area contributed by atoms with Gasteiger partial charge in [0, 0.05) is 25.4 Å². The van der Waals surface area contributed by atoms with E-state index in [0.717, 1.165) is 19.3 Å². The lowest BCUT2D eigenvalue weighted by Gasteiger charge is -2.28. The van der Waals surface area contributed by atoms with Crippen LogP contribution in [0.1, 0.15) is 25.3 Å². The summed E-state index contributed by atoms with van der Waals surface area (Å²) in [4.78, 5) is 13.9. The molecule has 1 saturated carbocycles. The second-order valence-electron chi connectivity index (χ2n) is 6.64. The van der Waals surface area contributed by atoms with Crippen molar-refractivity contribution in [2.75, 3.05) is 19.1 Å². The first-order chi connectivity index (χ1) is 10.8. The van der Waals surface area contributed by atoms with Gasteiger partial charge in [-0.25, -0.2) is 13.2 Å². The van der Waals surface area contributed by atoms with Crippen molar-refractivity contribution in [1.29, 1.82) is 0 Å². The van der Waals surface area contributed by atoms with Gasteiger partial charge in [0.1, 0.15) is 9.84 Å². The Bertz CT molecular complexity index is 626. The van der Waals surface area contributed by atoms with Crippen molar-refractivity contribution in [3.05, 3.63) is 35.9 Å². The van der Waals surface area contributed by atoms with Crippen LogP contribution >= 0.6 is 0 Å². The fourth-order valence-corrected chi connectivity index (χ4v) is 3.81. The van der Waals surface area contributed by atoms with E-state index in [1.54, 1.807) is 14.0 Å². The van der Waals surface area contributed by atoms with Crippen molar-refractivity contribution in [2.45, 2.75) is 38.3 Å². The molecule has 0 bridgehead atoms. The minimum absolute atomic E-state index is 0.0241. The van der Waals surface area contributed by atoms with Crippen LogP contribution in [0.15, 0.2) is 30.3 Å². The third kappa shape index (κ3) is 5.86. The summed E-state index contributed by atoms with van der Waals surface area (Å²) in [6.45, 7) is 1.75. The van der Waals surface area contributed by atoms with Crippen LogP contribution in [0.25, 0.3) is 0 Å². The van der Waals surface area contributed by atoms with E-state index in [0.29, 0.717) is 5.92 Å². The maximum absolute atomic E-state index is 12.4. The second-order valence-corrected chi connectivity index (χ2v) is 8.82. The average Bonchev–Trinajstić information content (AvgIpc) is 3.29. The molecular weight excluding hydrogens is 312 g/mol. The van der Waals surface area contributed by atoms with Gasteiger partial charge in [-0.1, -0.05) is 30.3 Å². The third-order valence-corrected chi connectivity index (χ3v) is 5.41. The highest BCUT2D eigenvalue weighted by molar-refractivity contribution is 7.90. The van der Waals surface area contributed by atoms with Gasteiger partial charge in [0.2, 0.25) is 0 Å². The lowest BCUT2D eigenvalue weighted by molar-refractivity contribution is 0.192. The Morgan fingerprint density at radius 1 is 1.30 bits per heavy atom. The van der Waals surface area contributed by atoms with E-state index in [1.165, 1.54) is 16.7 Å². The number of rotatable bonds is 7. The number of nitrogens with one attached hydrogen (secondary N) is 1. The van der Waals surface area contributed by atoms with Gasteiger partial charge in [-0.15, -0.1) is 0 Å². The first-order valence-electron chi connectivity index (χ1n) is 8.01. The number of benzene rings is 1. The molecule has 0 aromatic heterocycles. The van der Waals surface area contributed by atoms with Gasteiger partial charge in [0.15, 0.2) is 0 Å². The topological polar surface area (TPSA) is 66.5 Å². The monoisotopic (exact) mass is 338 g/mol. The Labute approximate surface area is 139 Å². The number of amides is 2. The normalized spacial score (nSPS) is 17.3. The molecule has 2 rings (SSSR count). The highest BCUT2D eigenvalue weighted by Crippen LogP contribution is 2.34. The van der Waals surface area contributed by atoms with E-state index in [4.69, 9.17) is 0 Å². The van der Waals surface area contributed by atoms with Crippen LogP contribution < -0.4 is 5.32 Å². The van der Waals surface area contributed by atoms with Crippen molar-refractivity contribution in [2.24, 2.45) is 5.92 Å². The molecule has 2 atom stereocenters. The minimum atomic E-state index is -3.10. The Morgan fingerprint density at radius 2 is 1.91 bits per heavy atom. The molecule has 128 valence electrons. The number of nitrogens with zero attached hydrogens (tertiary/aromatic N) is 1. The molecule has 0 heterocycles. The molecular formula is C17H26N2O3S. The van der Waals surface area contributed by atoms with Crippen LogP contribution in [-0.2, 0) is 16.3 Å². The van der Waals surface area contributed by atoms with E-state index in [-0.39, 0.29) is 23.9 Å². The van der Waals surface area contributed by atoms with Gasteiger partial charge in [-0.2, -0.15) is 0 Å². The summed E-state index contributed by atoms with van der Waals surface area (Å²) in [6, 6.07) is 9.68. The highest BCUT2D eigenvalue weighted by Gasteiger charge is 2.33. The predicted molar refractivity (Wildman–Crippen MR) is 92.1 cm³/mol. The number of hydrogen-bond acceptors (Lipinski definition) is 3. The quantitative estimate of drug-likeness (QED) is 0.828. The van der Waals surface area contributed by atoms with Gasteiger partial charge in [-0.3, -0.25) is 0 Å². The molecule has 1 N–H and O–H groups in total. The summed E-state index contributed by atoms with van der Waals surface area (Å²) < 4.78 is 22.8. The van der Waals surface area contributed by atoms with E-state index < -0.39 is 9.84 Å². The molecule has 0 aliphatic heterocycles. The molecule has 1 aromatic carbocycles. The molecule has 5 nitrogen and oxygen atoms in total. The van der Waals surface area contributed by atoms with Crippen LogP contribution in [0, 0.1) is 5.92 Å². The smallest absolute Gasteiger partial charge is 0.317 e. The molecule has 23 heavy (non-hydrogen) atoms. The summed E-state index contributed by atoms with van der Waals surface area (Å²) >= 11 is 0. The van der Waals surface area contributed by atoms with Crippen LogP contribution in [0.3, 0.4) is 0 Å².